The molecule has 2 heterocycles. The van der Waals surface area contributed by atoms with E-state index in [0.29, 0.717) is 18.0 Å². The lowest BCUT2D eigenvalue weighted by Crippen LogP contribution is -2.27. The van der Waals surface area contributed by atoms with E-state index in [4.69, 9.17) is 0 Å². The molecule has 2 rings (SSSR count). The summed E-state index contributed by atoms with van der Waals surface area (Å²) in [7, 11) is 0. The number of hydrogen-bond acceptors (Lipinski definition) is 3. The summed E-state index contributed by atoms with van der Waals surface area (Å²) in [5, 5.41) is 2.86. The van der Waals surface area contributed by atoms with Crippen molar-refractivity contribution in [1.82, 2.24) is 15.3 Å². The van der Waals surface area contributed by atoms with Crippen molar-refractivity contribution in [2.75, 3.05) is 6.54 Å². The SMILES string of the molecule is CC(C)CNC(=O)c1ccc(-c2ccccn2)nc1. The summed E-state index contributed by atoms with van der Waals surface area (Å²) in [6, 6.07) is 9.24. The first-order chi connectivity index (χ1) is 9.16. The van der Waals surface area contributed by atoms with Gasteiger partial charge in [-0.05, 0) is 30.2 Å². The van der Waals surface area contributed by atoms with Crippen LogP contribution in [0.2, 0.25) is 0 Å². The lowest BCUT2D eigenvalue weighted by atomic mass is 10.2. The number of hydrogen-bond donors (Lipinski definition) is 1. The standard InChI is InChI=1S/C15H17N3O/c1-11(2)9-18-15(19)12-6-7-14(17-10-12)13-5-3-4-8-16-13/h3-8,10-11H,9H2,1-2H3,(H,18,19). The second kappa shape index (κ2) is 6.09. The highest BCUT2D eigenvalue weighted by molar-refractivity contribution is 5.94. The van der Waals surface area contributed by atoms with Gasteiger partial charge in [0.1, 0.15) is 0 Å². The molecule has 0 unspecified atom stereocenters. The van der Waals surface area contributed by atoms with Crippen molar-refractivity contribution >= 4 is 5.91 Å². The van der Waals surface area contributed by atoms with Gasteiger partial charge in [-0.2, -0.15) is 0 Å². The van der Waals surface area contributed by atoms with E-state index in [1.165, 1.54) is 0 Å². The van der Waals surface area contributed by atoms with Crippen LogP contribution in [-0.4, -0.2) is 22.4 Å². The van der Waals surface area contributed by atoms with Crippen LogP contribution in [0.1, 0.15) is 24.2 Å². The molecule has 0 aromatic carbocycles. The van der Waals surface area contributed by atoms with Crippen molar-refractivity contribution in [3.05, 3.63) is 48.3 Å². The highest BCUT2D eigenvalue weighted by atomic mass is 16.1. The van der Waals surface area contributed by atoms with E-state index < -0.39 is 0 Å². The number of carbonyl (C=O) groups is 1. The smallest absolute Gasteiger partial charge is 0.252 e. The molecule has 0 aliphatic heterocycles. The zero-order valence-electron chi connectivity index (χ0n) is 11.1. The van der Waals surface area contributed by atoms with Crippen molar-refractivity contribution in [2.45, 2.75) is 13.8 Å². The van der Waals surface area contributed by atoms with Crippen molar-refractivity contribution in [1.29, 1.82) is 0 Å². The van der Waals surface area contributed by atoms with Gasteiger partial charge in [0.25, 0.3) is 5.91 Å². The minimum Gasteiger partial charge on any atom is -0.352 e. The van der Waals surface area contributed by atoms with E-state index in [-0.39, 0.29) is 5.91 Å². The fraction of sp³-hybridized carbons (Fsp3) is 0.267. The lowest BCUT2D eigenvalue weighted by molar-refractivity contribution is 0.0948. The van der Waals surface area contributed by atoms with Gasteiger partial charge in [-0.15, -0.1) is 0 Å². The first-order valence-corrected chi connectivity index (χ1v) is 6.32. The van der Waals surface area contributed by atoms with Gasteiger partial charge >= 0.3 is 0 Å². The highest BCUT2D eigenvalue weighted by Gasteiger charge is 2.07. The molecule has 0 bridgehead atoms. The first kappa shape index (κ1) is 13.2. The molecule has 19 heavy (non-hydrogen) atoms. The van der Waals surface area contributed by atoms with Gasteiger partial charge < -0.3 is 5.32 Å². The second-order valence-corrected chi connectivity index (χ2v) is 4.75. The normalized spacial score (nSPS) is 10.5. The van der Waals surface area contributed by atoms with E-state index in [1.807, 2.05) is 24.3 Å². The molecule has 1 N–H and O–H groups in total. The number of carbonyl (C=O) groups excluding carboxylic acids is 1. The van der Waals surface area contributed by atoms with Crippen LogP contribution in [0.25, 0.3) is 11.4 Å². The fourth-order valence-corrected chi connectivity index (χ4v) is 1.59. The van der Waals surface area contributed by atoms with Crippen LogP contribution >= 0.6 is 0 Å². The Bertz CT molecular complexity index is 535. The Kier molecular flexibility index (Phi) is 4.23. The van der Waals surface area contributed by atoms with Crippen LogP contribution < -0.4 is 5.32 Å². The maximum atomic E-state index is 11.8. The number of amides is 1. The molecule has 0 saturated heterocycles. The number of nitrogens with zero attached hydrogens (tertiary/aromatic N) is 2. The Hall–Kier alpha value is -2.23. The third-order valence-corrected chi connectivity index (χ3v) is 2.62. The van der Waals surface area contributed by atoms with E-state index in [1.54, 1.807) is 18.5 Å². The summed E-state index contributed by atoms with van der Waals surface area (Å²) in [5.74, 6) is 0.346. The molecule has 0 aliphatic carbocycles. The van der Waals surface area contributed by atoms with Gasteiger partial charge in [-0.3, -0.25) is 14.8 Å². The summed E-state index contributed by atoms with van der Waals surface area (Å²) in [4.78, 5) is 20.3. The molecule has 4 nitrogen and oxygen atoms in total. The van der Waals surface area contributed by atoms with Crippen molar-refractivity contribution in [3.63, 3.8) is 0 Å². The van der Waals surface area contributed by atoms with Gasteiger partial charge in [0.15, 0.2) is 0 Å². The largest absolute Gasteiger partial charge is 0.352 e. The maximum Gasteiger partial charge on any atom is 0.252 e. The molecule has 2 aromatic heterocycles. The van der Waals surface area contributed by atoms with Crippen molar-refractivity contribution in [2.24, 2.45) is 5.92 Å². The van der Waals surface area contributed by atoms with E-state index >= 15 is 0 Å². The number of pyridine rings is 2. The average molecular weight is 255 g/mol. The van der Waals surface area contributed by atoms with Crippen LogP contribution in [-0.2, 0) is 0 Å². The van der Waals surface area contributed by atoms with Gasteiger partial charge in [-0.25, -0.2) is 0 Å². The minimum atomic E-state index is -0.0891. The number of rotatable bonds is 4. The molecule has 0 spiro atoms. The quantitative estimate of drug-likeness (QED) is 0.913. The van der Waals surface area contributed by atoms with Gasteiger partial charge in [0.05, 0.1) is 17.0 Å². The summed E-state index contributed by atoms with van der Waals surface area (Å²) < 4.78 is 0. The second-order valence-electron chi connectivity index (χ2n) is 4.75. The molecule has 0 fully saturated rings. The van der Waals surface area contributed by atoms with Gasteiger partial charge in [0.2, 0.25) is 0 Å². The van der Waals surface area contributed by atoms with E-state index in [2.05, 4.69) is 29.1 Å². The van der Waals surface area contributed by atoms with Gasteiger partial charge in [0, 0.05) is 18.9 Å². The Morgan fingerprint density at radius 1 is 1.16 bits per heavy atom. The molecular formula is C15H17N3O. The number of aromatic nitrogens is 2. The maximum absolute atomic E-state index is 11.8. The molecule has 4 heteroatoms. The molecule has 2 aromatic rings. The average Bonchev–Trinajstić information content (AvgIpc) is 2.46. The molecule has 0 aliphatic rings. The van der Waals surface area contributed by atoms with Crippen LogP contribution in [0.3, 0.4) is 0 Å². The Morgan fingerprint density at radius 2 is 1.95 bits per heavy atom. The monoisotopic (exact) mass is 255 g/mol. The zero-order valence-corrected chi connectivity index (χ0v) is 11.1. The fourth-order valence-electron chi connectivity index (χ4n) is 1.59. The van der Waals surface area contributed by atoms with Crippen molar-refractivity contribution < 1.29 is 4.79 Å². The topological polar surface area (TPSA) is 54.9 Å². The van der Waals surface area contributed by atoms with E-state index in [0.717, 1.165) is 11.4 Å². The molecule has 0 saturated carbocycles. The van der Waals surface area contributed by atoms with Crippen LogP contribution in [0.4, 0.5) is 0 Å². The first-order valence-electron chi connectivity index (χ1n) is 6.32. The van der Waals surface area contributed by atoms with Gasteiger partial charge in [-0.1, -0.05) is 19.9 Å². The third kappa shape index (κ3) is 3.61. The molecule has 1 amide bonds. The summed E-state index contributed by atoms with van der Waals surface area (Å²) in [6.07, 6.45) is 3.31. The summed E-state index contributed by atoms with van der Waals surface area (Å²) >= 11 is 0. The third-order valence-electron chi connectivity index (χ3n) is 2.62. The summed E-state index contributed by atoms with van der Waals surface area (Å²) in [6.45, 7) is 4.78. The molecular weight excluding hydrogens is 238 g/mol. The van der Waals surface area contributed by atoms with E-state index in [9.17, 15) is 4.79 Å². The predicted molar refractivity (Wildman–Crippen MR) is 74.6 cm³/mol. The van der Waals surface area contributed by atoms with Crippen LogP contribution in [0.15, 0.2) is 42.7 Å². The van der Waals surface area contributed by atoms with Crippen molar-refractivity contribution in [3.8, 4) is 11.4 Å². The molecule has 98 valence electrons. The minimum absolute atomic E-state index is 0.0891. The molecule has 0 atom stereocenters. The predicted octanol–water partition coefficient (Wildman–Crippen LogP) is 2.53. The number of nitrogens with one attached hydrogen (secondary N) is 1. The van der Waals surface area contributed by atoms with Crippen LogP contribution in [0.5, 0.6) is 0 Å². The lowest BCUT2D eigenvalue weighted by Gasteiger charge is -2.07. The molecule has 0 radical (unpaired) electrons. The Balaban J connectivity index is 2.08. The Morgan fingerprint density at radius 3 is 2.53 bits per heavy atom. The zero-order chi connectivity index (χ0) is 13.7. The Labute approximate surface area is 112 Å². The summed E-state index contributed by atoms with van der Waals surface area (Å²) in [5.41, 5.74) is 2.14. The van der Waals surface area contributed by atoms with Crippen LogP contribution in [0, 0.1) is 5.92 Å². The highest BCUT2D eigenvalue weighted by Crippen LogP contribution is 2.13.